The van der Waals surface area contributed by atoms with Crippen LogP contribution >= 0.6 is 0 Å². The molecule has 1 aliphatic rings. The first kappa shape index (κ1) is 10.0. The Bertz CT molecular complexity index is 335. The Labute approximate surface area is 89.0 Å². The zero-order valence-corrected chi connectivity index (χ0v) is 8.73. The topological polar surface area (TPSA) is 35.5 Å². The first-order valence-corrected chi connectivity index (χ1v) is 5.22. The molecule has 3 heteroatoms. The van der Waals surface area contributed by atoms with Gasteiger partial charge in [-0.3, -0.25) is 0 Å². The Morgan fingerprint density at radius 3 is 3.07 bits per heavy atom. The summed E-state index contributed by atoms with van der Waals surface area (Å²) in [4.78, 5) is 11.5. The highest BCUT2D eigenvalue weighted by molar-refractivity contribution is 5.76. The van der Waals surface area contributed by atoms with E-state index >= 15 is 0 Å². The van der Waals surface area contributed by atoms with Gasteiger partial charge in [0.25, 0.3) is 0 Å². The van der Waals surface area contributed by atoms with E-state index in [0.29, 0.717) is 13.0 Å². The molecule has 1 atom stereocenters. The highest BCUT2D eigenvalue weighted by Crippen LogP contribution is 2.28. The van der Waals surface area contributed by atoms with Crippen molar-refractivity contribution in [2.45, 2.75) is 25.9 Å². The quantitative estimate of drug-likeness (QED) is 0.709. The van der Waals surface area contributed by atoms with E-state index in [-0.39, 0.29) is 5.97 Å². The number of rotatable bonds is 3. The molecule has 80 valence electrons. The van der Waals surface area contributed by atoms with Crippen LogP contribution in [0.5, 0.6) is 5.75 Å². The Hall–Kier alpha value is -1.51. The maximum atomic E-state index is 11.5. The summed E-state index contributed by atoms with van der Waals surface area (Å²) in [7, 11) is 0. The molecular weight excluding hydrogens is 192 g/mol. The smallest absolute Gasteiger partial charge is 0.347 e. The minimum absolute atomic E-state index is 0.256. The van der Waals surface area contributed by atoms with Crippen molar-refractivity contribution < 1.29 is 14.3 Å². The van der Waals surface area contributed by atoms with Crippen LogP contribution < -0.4 is 4.74 Å². The molecule has 1 aromatic rings. The lowest BCUT2D eigenvalue weighted by molar-refractivity contribution is -0.151. The van der Waals surface area contributed by atoms with E-state index in [1.54, 1.807) is 0 Å². The van der Waals surface area contributed by atoms with Gasteiger partial charge < -0.3 is 9.47 Å². The summed E-state index contributed by atoms with van der Waals surface area (Å²) in [5.41, 5.74) is 1.08. The van der Waals surface area contributed by atoms with Crippen molar-refractivity contribution in [2.75, 3.05) is 6.61 Å². The molecule has 15 heavy (non-hydrogen) atoms. The number of esters is 1. The molecule has 1 aromatic carbocycles. The second-order valence-corrected chi connectivity index (χ2v) is 3.59. The van der Waals surface area contributed by atoms with Gasteiger partial charge in [-0.2, -0.15) is 0 Å². The van der Waals surface area contributed by atoms with E-state index < -0.39 is 6.10 Å². The third-order valence-electron chi connectivity index (χ3n) is 2.36. The molecule has 0 spiro atoms. The minimum atomic E-state index is -0.450. The standard InChI is InChI=1S/C12H14O3/c1-2-7-14-12(13)11-8-9-5-3-4-6-10(9)15-11/h3-6,11H,2,7-8H2,1H3. The van der Waals surface area contributed by atoms with Crippen LogP contribution in [0.15, 0.2) is 24.3 Å². The van der Waals surface area contributed by atoms with E-state index in [1.165, 1.54) is 0 Å². The maximum absolute atomic E-state index is 11.5. The summed E-state index contributed by atoms with van der Waals surface area (Å²) in [6, 6.07) is 7.70. The SMILES string of the molecule is CCCOC(=O)C1Cc2ccccc2O1. The molecule has 0 saturated heterocycles. The van der Waals surface area contributed by atoms with Crippen molar-refractivity contribution in [2.24, 2.45) is 0 Å². The third-order valence-corrected chi connectivity index (χ3v) is 2.36. The predicted octanol–water partition coefficient (Wildman–Crippen LogP) is 1.94. The fraction of sp³-hybridized carbons (Fsp3) is 0.417. The van der Waals surface area contributed by atoms with Gasteiger partial charge in [0.1, 0.15) is 5.75 Å². The van der Waals surface area contributed by atoms with Crippen LogP contribution in [0, 0.1) is 0 Å². The fourth-order valence-corrected chi connectivity index (χ4v) is 1.61. The number of para-hydroxylation sites is 1. The highest BCUT2D eigenvalue weighted by Gasteiger charge is 2.29. The normalized spacial score (nSPS) is 18.1. The fourth-order valence-electron chi connectivity index (χ4n) is 1.61. The first-order chi connectivity index (χ1) is 7.31. The molecule has 1 aliphatic heterocycles. The van der Waals surface area contributed by atoms with Gasteiger partial charge in [-0.15, -0.1) is 0 Å². The molecule has 3 nitrogen and oxygen atoms in total. The van der Waals surface area contributed by atoms with Crippen molar-refractivity contribution in [1.29, 1.82) is 0 Å². The van der Waals surface area contributed by atoms with Crippen molar-refractivity contribution in [1.82, 2.24) is 0 Å². The number of hydrogen-bond donors (Lipinski definition) is 0. The lowest BCUT2D eigenvalue weighted by Crippen LogP contribution is -2.27. The van der Waals surface area contributed by atoms with Crippen LogP contribution in [-0.2, 0) is 16.0 Å². The lowest BCUT2D eigenvalue weighted by Gasteiger charge is -2.09. The van der Waals surface area contributed by atoms with Crippen LogP contribution in [-0.4, -0.2) is 18.7 Å². The largest absolute Gasteiger partial charge is 0.478 e. The van der Waals surface area contributed by atoms with Gasteiger partial charge in [0, 0.05) is 6.42 Å². The van der Waals surface area contributed by atoms with Gasteiger partial charge in [-0.25, -0.2) is 4.79 Å². The summed E-state index contributed by atoms with van der Waals surface area (Å²) in [5, 5.41) is 0. The second-order valence-electron chi connectivity index (χ2n) is 3.59. The lowest BCUT2D eigenvalue weighted by atomic mass is 10.1. The average molecular weight is 206 g/mol. The molecular formula is C12H14O3. The van der Waals surface area contributed by atoms with E-state index in [2.05, 4.69) is 0 Å². The highest BCUT2D eigenvalue weighted by atomic mass is 16.6. The summed E-state index contributed by atoms with van der Waals surface area (Å²) in [5.74, 6) is 0.545. The molecule has 1 heterocycles. The van der Waals surface area contributed by atoms with Crippen molar-refractivity contribution >= 4 is 5.97 Å². The Balaban J connectivity index is 1.98. The average Bonchev–Trinajstić information content (AvgIpc) is 2.69. The van der Waals surface area contributed by atoms with E-state index in [1.807, 2.05) is 31.2 Å². The number of ether oxygens (including phenoxy) is 2. The number of fused-ring (bicyclic) bond motifs is 1. The summed E-state index contributed by atoms with van der Waals surface area (Å²) in [6.07, 6.45) is 1.01. The molecule has 0 bridgehead atoms. The van der Waals surface area contributed by atoms with Gasteiger partial charge in [0.15, 0.2) is 6.10 Å². The number of benzene rings is 1. The van der Waals surface area contributed by atoms with Crippen molar-refractivity contribution in [3.05, 3.63) is 29.8 Å². The van der Waals surface area contributed by atoms with Gasteiger partial charge in [0.2, 0.25) is 0 Å². The number of hydrogen-bond acceptors (Lipinski definition) is 3. The van der Waals surface area contributed by atoms with Gasteiger partial charge in [0.05, 0.1) is 6.61 Å². The van der Waals surface area contributed by atoms with Gasteiger partial charge in [-0.05, 0) is 18.1 Å². The Morgan fingerprint density at radius 1 is 1.53 bits per heavy atom. The molecule has 0 fully saturated rings. The minimum Gasteiger partial charge on any atom is -0.478 e. The van der Waals surface area contributed by atoms with E-state index in [9.17, 15) is 4.79 Å². The molecule has 0 N–H and O–H groups in total. The summed E-state index contributed by atoms with van der Waals surface area (Å²) in [6.45, 7) is 2.44. The van der Waals surface area contributed by atoms with Crippen LogP contribution in [0.3, 0.4) is 0 Å². The van der Waals surface area contributed by atoms with Gasteiger partial charge >= 0.3 is 5.97 Å². The molecule has 0 radical (unpaired) electrons. The molecule has 0 saturated carbocycles. The van der Waals surface area contributed by atoms with Gasteiger partial charge in [-0.1, -0.05) is 25.1 Å². The number of carbonyl (C=O) groups is 1. The zero-order valence-electron chi connectivity index (χ0n) is 8.73. The van der Waals surface area contributed by atoms with Crippen LogP contribution in [0.1, 0.15) is 18.9 Å². The van der Waals surface area contributed by atoms with E-state index in [0.717, 1.165) is 17.7 Å². The van der Waals surface area contributed by atoms with E-state index in [4.69, 9.17) is 9.47 Å². The molecule has 1 unspecified atom stereocenters. The monoisotopic (exact) mass is 206 g/mol. The molecule has 0 aliphatic carbocycles. The van der Waals surface area contributed by atoms with Crippen LogP contribution in [0.2, 0.25) is 0 Å². The zero-order chi connectivity index (χ0) is 10.7. The number of carbonyl (C=O) groups excluding carboxylic acids is 1. The summed E-state index contributed by atoms with van der Waals surface area (Å²) < 4.78 is 10.5. The maximum Gasteiger partial charge on any atom is 0.347 e. The Morgan fingerprint density at radius 2 is 2.33 bits per heavy atom. The summed E-state index contributed by atoms with van der Waals surface area (Å²) >= 11 is 0. The van der Waals surface area contributed by atoms with Crippen molar-refractivity contribution in [3.8, 4) is 5.75 Å². The first-order valence-electron chi connectivity index (χ1n) is 5.22. The van der Waals surface area contributed by atoms with Crippen LogP contribution in [0.4, 0.5) is 0 Å². The van der Waals surface area contributed by atoms with Crippen molar-refractivity contribution in [3.63, 3.8) is 0 Å². The molecule has 2 rings (SSSR count). The predicted molar refractivity (Wildman–Crippen MR) is 55.8 cm³/mol. The molecule has 0 aromatic heterocycles. The van der Waals surface area contributed by atoms with Crippen LogP contribution in [0.25, 0.3) is 0 Å². The third kappa shape index (κ3) is 2.12. The molecule has 0 amide bonds. The Kier molecular flexibility index (Phi) is 2.90. The second kappa shape index (κ2) is 4.34.